The molecule has 0 atom stereocenters. The number of nitrogen functional groups attached to an aromatic ring is 1. The highest BCUT2D eigenvalue weighted by Crippen LogP contribution is 2.23. The third-order valence-electron chi connectivity index (χ3n) is 2.78. The predicted molar refractivity (Wildman–Crippen MR) is 76.4 cm³/mol. The SMILES string of the molecule is CC(=O)CCc1cccc(Oc2ccc(N)cc2)c1. The molecule has 0 aliphatic carbocycles. The van der Waals surface area contributed by atoms with Crippen LogP contribution < -0.4 is 10.5 Å². The molecule has 0 amide bonds. The summed E-state index contributed by atoms with van der Waals surface area (Å²) in [6.07, 6.45) is 1.31. The lowest BCUT2D eigenvalue weighted by molar-refractivity contribution is -0.116. The number of benzene rings is 2. The lowest BCUT2D eigenvalue weighted by Gasteiger charge is -2.07. The Morgan fingerprint density at radius 1 is 1.11 bits per heavy atom. The molecule has 2 N–H and O–H groups in total. The summed E-state index contributed by atoms with van der Waals surface area (Å²) in [5, 5.41) is 0. The molecule has 2 rings (SSSR count). The van der Waals surface area contributed by atoms with E-state index in [1.165, 1.54) is 0 Å². The molecule has 2 aromatic rings. The van der Waals surface area contributed by atoms with Crippen molar-refractivity contribution in [1.82, 2.24) is 0 Å². The maximum atomic E-state index is 11.0. The zero-order valence-electron chi connectivity index (χ0n) is 10.9. The Hall–Kier alpha value is -2.29. The average Bonchev–Trinajstić information content (AvgIpc) is 2.40. The number of Topliss-reactive ketones (excluding diaryl/α,β-unsaturated/α-hetero) is 1. The second kappa shape index (κ2) is 6.05. The smallest absolute Gasteiger partial charge is 0.130 e. The zero-order chi connectivity index (χ0) is 13.7. The summed E-state index contributed by atoms with van der Waals surface area (Å²) in [7, 11) is 0. The quantitative estimate of drug-likeness (QED) is 0.831. The number of carbonyl (C=O) groups excluding carboxylic acids is 1. The Morgan fingerprint density at radius 3 is 2.53 bits per heavy atom. The minimum absolute atomic E-state index is 0.199. The van der Waals surface area contributed by atoms with Gasteiger partial charge in [0.1, 0.15) is 17.3 Å². The summed E-state index contributed by atoms with van der Waals surface area (Å²) >= 11 is 0. The highest BCUT2D eigenvalue weighted by molar-refractivity contribution is 5.75. The molecule has 0 bridgehead atoms. The Kier molecular flexibility index (Phi) is 4.18. The molecule has 19 heavy (non-hydrogen) atoms. The topological polar surface area (TPSA) is 52.3 Å². The van der Waals surface area contributed by atoms with Crippen LogP contribution in [0.1, 0.15) is 18.9 Å². The molecule has 0 aliphatic rings. The van der Waals surface area contributed by atoms with Crippen LogP contribution in [0.2, 0.25) is 0 Å². The molecule has 0 aromatic heterocycles. The van der Waals surface area contributed by atoms with E-state index in [-0.39, 0.29) is 5.78 Å². The number of ketones is 1. The standard InChI is InChI=1S/C16H17NO2/c1-12(18)5-6-13-3-2-4-16(11-13)19-15-9-7-14(17)8-10-15/h2-4,7-11H,5-6,17H2,1H3. The van der Waals surface area contributed by atoms with Crippen molar-refractivity contribution in [2.45, 2.75) is 19.8 Å². The Labute approximate surface area is 113 Å². The largest absolute Gasteiger partial charge is 0.457 e. The molecule has 0 saturated carbocycles. The molecule has 2 aromatic carbocycles. The lowest BCUT2D eigenvalue weighted by Crippen LogP contribution is -1.94. The molecule has 3 heteroatoms. The monoisotopic (exact) mass is 255 g/mol. The summed E-state index contributed by atoms with van der Waals surface area (Å²) in [5.41, 5.74) is 7.44. The Balaban J connectivity index is 2.06. The van der Waals surface area contributed by atoms with E-state index in [4.69, 9.17) is 10.5 Å². The Morgan fingerprint density at radius 2 is 1.84 bits per heavy atom. The average molecular weight is 255 g/mol. The molecule has 0 saturated heterocycles. The van der Waals surface area contributed by atoms with Gasteiger partial charge in [-0.3, -0.25) is 0 Å². The first-order chi connectivity index (χ1) is 9.13. The molecule has 3 nitrogen and oxygen atoms in total. The molecule has 0 unspecified atom stereocenters. The van der Waals surface area contributed by atoms with Crippen molar-refractivity contribution in [1.29, 1.82) is 0 Å². The van der Waals surface area contributed by atoms with Crippen molar-refractivity contribution < 1.29 is 9.53 Å². The van der Waals surface area contributed by atoms with E-state index in [9.17, 15) is 4.79 Å². The van der Waals surface area contributed by atoms with Crippen molar-refractivity contribution in [2.75, 3.05) is 5.73 Å². The minimum atomic E-state index is 0.199. The van der Waals surface area contributed by atoms with Gasteiger partial charge >= 0.3 is 0 Å². The van der Waals surface area contributed by atoms with Crippen LogP contribution in [0.3, 0.4) is 0 Å². The van der Waals surface area contributed by atoms with Gasteiger partial charge in [0.05, 0.1) is 0 Å². The molecular formula is C16H17NO2. The summed E-state index contributed by atoms with van der Waals surface area (Å²) in [6.45, 7) is 1.61. The number of ether oxygens (including phenoxy) is 1. The van der Waals surface area contributed by atoms with E-state index in [1.807, 2.05) is 36.4 Å². The molecule has 0 fully saturated rings. The van der Waals surface area contributed by atoms with Crippen LogP contribution in [0.15, 0.2) is 48.5 Å². The number of hydrogen-bond donors (Lipinski definition) is 1. The molecule has 0 radical (unpaired) electrons. The number of nitrogens with two attached hydrogens (primary N) is 1. The van der Waals surface area contributed by atoms with Crippen LogP contribution in [-0.2, 0) is 11.2 Å². The second-order valence-corrected chi connectivity index (χ2v) is 4.52. The first-order valence-corrected chi connectivity index (χ1v) is 6.25. The normalized spacial score (nSPS) is 10.2. The van der Waals surface area contributed by atoms with E-state index in [1.54, 1.807) is 19.1 Å². The fourth-order valence-electron chi connectivity index (χ4n) is 1.76. The summed E-state index contributed by atoms with van der Waals surface area (Å²) in [5.74, 6) is 1.72. The molecule has 98 valence electrons. The first kappa shape index (κ1) is 13.1. The van der Waals surface area contributed by atoms with Crippen molar-refractivity contribution in [3.63, 3.8) is 0 Å². The maximum absolute atomic E-state index is 11.0. The van der Waals surface area contributed by atoms with Gasteiger partial charge in [0.25, 0.3) is 0 Å². The van der Waals surface area contributed by atoms with Gasteiger partial charge in [0.15, 0.2) is 0 Å². The van der Waals surface area contributed by atoms with Crippen molar-refractivity contribution in [3.05, 3.63) is 54.1 Å². The van der Waals surface area contributed by atoms with Gasteiger partial charge in [0.2, 0.25) is 0 Å². The fraction of sp³-hybridized carbons (Fsp3) is 0.188. The van der Waals surface area contributed by atoms with Crippen LogP contribution in [0, 0.1) is 0 Å². The van der Waals surface area contributed by atoms with E-state index in [2.05, 4.69) is 0 Å². The summed E-state index contributed by atoms with van der Waals surface area (Å²) in [4.78, 5) is 11.0. The summed E-state index contributed by atoms with van der Waals surface area (Å²) < 4.78 is 5.74. The molecule has 0 aliphatic heterocycles. The van der Waals surface area contributed by atoms with Gasteiger partial charge in [0, 0.05) is 12.1 Å². The van der Waals surface area contributed by atoms with E-state index in [0.29, 0.717) is 12.1 Å². The maximum Gasteiger partial charge on any atom is 0.130 e. The summed E-state index contributed by atoms with van der Waals surface area (Å²) in [6, 6.07) is 15.0. The van der Waals surface area contributed by atoms with E-state index < -0.39 is 0 Å². The zero-order valence-corrected chi connectivity index (χ0v) is 10.9. The molecule has 0 spiro atoms. The van der Waals surface area contributed by atoms with Crippen molar-refractivity contribution in [3.8, 4) is 11.5 Å². The van der Waals surface area contributed by atoms with Crippen LogP contribution >= 0.6 is 0 Å². The minimum Gasteiger partial charge on any atom is -0.457 e. The van der Waals surface area contributed by atoms with Gasteiger partial charge < -0.3 is 15.3 Å². The number of carbonyl (C=O) groups is 1. The fourth-order valence-corrected chi connectivity index (χ4v) is 1.76. The highest BCUT2D eigenvalue weighted by Gasteiger charge is 2.01. The van der Waals surface area contributed by atoms with Gasteiger partial charge in [-0.1, -0.05) is 12.1 Å². The number of aryl methyl sites for hydroxylation is 1. The third kappa shape index (κ3) is 4.14. The number of rotatable bonds is 5. The predicted octanol–water partition coefficient (Wildman–Crippen LogP) is 3.58. The van der Waals surface area contributed by atoms with Gasteiger partial charge in [-0.15, -0.1) is 0 Å². The van der Waals surface area contributed by atoms with E-state index in [0.717, 1.165) is 23.5 Å². The van der Waals surface area contributed by atoms with Crippen LogP contribution in [-0.4, -0.2) is 5.78 Å². The van der Waals surface area contributed by atoms with Crippen molar-refractivity contribution >= 4 is 11.5 Å². The van der Waals surface area contributed by atoms with Crippen molar-refractivity contribution in [2.24, 2.45) is 0 Å². The van der Waals surface area contributed by atoms with Gasteiger partial charge in [-0.25, -0.2) is 0 Å². The molecule has 0 heterocycles. The van der Waals surface area contributed by atoms with Crippen LogP contribution in [0.5, 0.6) is 11.5 Å². The second-order valence-electron chi connectivity index (χ2n) is 4.52. The number of hydrogen-bond acceptors (Lipinski definition) is 3. The van der Waals surface area contributed by atoms with Gasteiger partial charge in [-0.05, 0) is 55.3 Å². The molecular weight excluding hydrogens is 238 g/mol. The first-order valence-electron chi connectivity index (χ1n) is 6.25. The Bertz CT molecular complexity index is 561. The third-order valence-corrected chi connectivity index (χ3v) is 2.78. The number of anilines is 1. The van der Waals surface area contributed by atoms with Gasteiger partial charge in [-0.2, -0.15) is 0 Å². The van der Waals surface area contributed by atoms with E-state index >= 15 is 0 Å². The van der Waals surface area contributed by atoms with Crippen LogP contribution in [0.4, 0.5) is 5.69 Å². The lowest BCUT2D eigenvalue weighted by atomic mass is 10.1. The van der Waals surface area contributed by atoms with Crippen LogP contribution in [0.25, 0.3) is 0 Å². The highest BCUT2D eigenvalue weighted by atomic mass is 16.5.